The summed E-state index contributed by atoms with van der Waals surface area (Å²) in [6.07, 6.45) is 1.83. The number of hydrogen-bond donors (Lipinski definition) is 1. The minimum atomic E-state index is -0.335. The molecule has 0 amide bonds. The van der Waals surface area contributed by atoms with E-state index < -0.39 is 0 Å². The predicted molar refractivity (Wildman–Crippen MR) is 115 cm³/mol. The zero-order chi connectivity index (χ0) is 23.8. The SMILES string of the molecule is C=C(C)C(=O)OCC[CH2-].C=C(C)C(=O)OCC[CH2-].C=C(C)C(=O)OCC[CH2-].CO.[Zr+3]. The largest absolute Gasteiger partial charge is 3.00 e. The fourth-order valence-corrected chi connectivity index (χ4v) is 0.864. The summed E-state index contributed by atoms with van der Waals surface area (Å²) in [7, 11) is 1.00. The molecule has 0 aromatic rings. The van der Waals surface area contributed by atoms with E-state index in [0.29, 0.717) is 55.8 Å². The number of carbonyl (C=O) groups excluding carboxylic acids is 3. The van der Waals surface area contributed by atoms with E-state index in [1.54, 1.807) is 20.8 Å². The molecule has 0 rings (SSSR count). The molecular weight excluding hydrogens is 467 g/mol. The summed E-state index contributed by atoms with van der Waals surface area (Å²) in [4.78, 5) is 31.7. The Labute approximate surface area is 201 Å². The van der Waals surface area contributed by atoms with Crippen LogP contribution in [-0.4, -0.2) is 49.9 Å². The Bertz CT molecular complexity index is 428. The van der Waals surface area contributed by atoms with Gasteiger partial charge in [-0.25, -0.2) is 14.4 Å². The normalized spacial score (nSPS) is 8.00. The molecule has 30 heavy (non-hydrogen) atoms. The predicted octanol–water partition coefficient (Wildman–Crippen LogP) is 3.60. The summed E-state index contributed by atoms with van der Waals surface area (Å²) in [6, 6.07) is 0. The second-order valence-electron chi connectivity index (χ2n) is 5.31. The summed E-state index contributed by atoms with van der Waals surface area (Å²) in [6.45, 7) is 26.8. The summed E-state index contributed by atoms with van der Waals surface area (Å²) < 4.78 is 14.0. The van der Waals surface area contributed by atoms with Gasteiger partial charge in [0.1, 0.15) is 0 Å². The van der Waals surface area contributed by atoms with Gasteiger partial charge < -0.3 is 40.1 Å². The van der Waals surface area contributed by atoms with Gasteiger partial charge in [-0.05, 0) is 20.8 Å². The standard InChI is InChI=1S/3C7H11O2.CH4O.Zr/c3*1-4-5-9-7(8)6(2)3;1-2;/h3*1-2,4-5H2,3H3;2H,1H3;/q3*-1;;+3. The van der Waals surface area contributed by atoms with E-state index in [2.05, 4.69) is 54.7 Å². The van der Waals surface area contributed by atoms with Crippen LogP contribution in [0.4, 0.5) is 0 Å². The van der Waals surface area contributed by atoms with Gasteiger partial charge in [-0.3, -0.25) is 0 Å². The quantitative estimate of drug-likeness (QED) is 0.222. The minimum Gasteiger partial charge on any atom is -0.465 e. The van der Waals surface area contributed by atoms with Gasteiger partial charge >= 0.3 is 44.1 Å². The van der Waals surface area contributed by atoms with Crippen LogP contribution < -0.4 is 0 Å². The molecule has 0 saturated carbocycles. The maximum Gasteiger partial charge on any atom is 3.00 e. The van der Waals surface area contributed by atoms with Crippen LogP contribution in [-0.2, 0) is 54.8 Å². The first-order valence-corrected chi connectivity index (χ1v) is 8.85. The molecular formula is C22H37O7Zr. The third-order valence-electron chi connectivity index (χ3n) is 2.18. The van der Waals surface area contributed by atoms with E-state index in [4.69, 9.17) is 5.11 Å². The number of esters is 3. The van der Waals surface area contributed by atoms with Crippen molar-refractivity contribution in [2.24, 2.45) is 0 Å². The molecule has 0 aromatic carbocycles. The van der Waals surface area contributed by atoms with Gasteiger partial charge in [0.2, 0.25) is 0 Å². The zero-order valence-corrected chi connectivity index (χ0v) is 21.3. The van der Waals surface area contributed by atoms with Crippen LogP contribution >= 0.6 is 0 Å². The van der Waals surface area contributed by atoms with Crippen LogP contribution in [0.25, 0.3) is 0 Å². The maximum atomic E-state index is 10.6. The second-order valence-corrected chi connectivity index (χ2v) is 5.31. The summed E-state index contributed by atoms with van der Waals surface area (Å²) in [5.74, 6) is -1.00. The van der Waals surface area contributed by atoms with Crippen molar-refractivity contribution in [2.75, 3.05) is 26.9 Å². The first-order chi connectivity index (χ1) is 13.5. The zero-order valence-electron chi connectivity index (χ0n) is 18.9. The van der Waals surface area contributed by atoms with Gasteiger partial charge in [0.25, 0.3) is 0 Å². The van der Waals surface area contributed by atoms with Crippen LogP contribution in [0.3, 0.4) is 0 Å². The molecule has 1 radical (unpaired) electrons. The van der Waals surface area contributed by atoms with Gasteiger partial charge in [-0.15, -0.1) is 19.3 Å². The van der Waals surface area contributed by atoms with Crippen molar-refractivity contribution < 1.29 is 59.9 Å². The number of rotatable bonds is 9. The number of hydrogen-bond acceptors (Lipinski definition) is 7. The summed E-state index contributed by atoms with van der Waals surface area (Å²) >= 11 is 0. The molecule has 0 fully saturated rings. The van der Waals surface area contributed by atoms with Crippen LogP contribution in [0.1, 0.15) is 40.0 Å². The third kappa shape index (κ3) is 34.0. The Morgan fingerprint density at radius 1 is 0.633 bits per heavy atom. The minimum absolute atomic E-state index is 0. The number of aliphatic hydroxyl groups excluding tert-OH is 1. The van der Waals surface area contributed by atoms with Crippen LogP contribution in [0.5, 0.6) is 0 Å². The molecule has 0 aromatic heterocycles. The van der Waals surface area contributed by atoms with Crippen molar-refractivity contribution >= 4 is 17.9 Å². The molecule has 171 valence electrons. The van der Waals surface area contributed by atoms with Gasteiger partial charge in [-0.1, -0.05) is 19.7 Å². The molecule has 0 aliphatic rings. The van der Waals surface area contributed by atoms with E-state index in [0.717, 1.165) is 7.11 Å². The van der Waals surface area contributed by atoms with Crippen LogP contribution in [0.2, 0.25) is 0 Å². The first-order valence-electron chi connectivity index (χ1n) is 8.85. The van der Waals surface area contributed by atoms with Crippen molar-refractivity contribution in [3.63, 3.8) is 0 Å². The molecule has 0 bridgehead atoms. The van der Waals surface area contributed by atoms with Crippen molar-refractivity contribution in [1.82, 2.24) is 0 Å². The van der Waals surface area contributed by atoms with E-state index in [1.165, 1.54) is 0 Å². The van der Waals surface area contributed by atoms with Gasteiger partial charge in [-0.2, -0.15) is 0 Å². The first kappa shape index (κ1) is 39.0. The Morgan fingerprint density at radius 3 is 0.900 bits per heavy atom. The monoisotopic (exact) mass is 503 g/mol. The molecule has 0 atom stereocenters. The summed E-state index contributed by atoms with van der Waals surface area (Å²) in [5.41, 5.74) is 1.30. The third-order valence-corrected chi connectivity index (χ3v) is 2.18. The van der Waals surface area contributed by atoms with Crippen molar-refractivity contribution in [3.05, 3.63) is 57.2 Å². The average molecular weight is 505 g/mol. The fourth-order valence-electron chi connectivity index (χ4n) is 0.864. The van der Waals surface area contributed by atoms with E-state index in [-0.39, 0.29) is 44.1 Å². The smallest absolute Gasteiger partial charge is 0.465 e. The van der Waals surface area contributed by atoms with Crippen LogP contribution in [0, 0.1) is 20.8 Å². The number of carbonyl (C=O) groups is 3. The molecule has 0 unspecified atom stereocenters. The van der Waals surface area contributed by atoms with E-state index in [1.807, 2.05) is 0 Å². The van der Waals surface area contributed by atoms with E-state index >= 15 is 0 Å². The van der Waals surface area contributed by atoms with Gasteiger partial charge in [0.15, 0.2) is 0 Å². The Hall–Kier alpha value is -1.53. The topological polar surface area (TPSA) is 99.1 Å². The van der Waals surface area contributed by atoms with Gasteiger partial charge in [0.05, 0.1) is 19.8 Å². The molecule has 0 heterocycles. The summed E-state index contributed by atoms with van der Waals surface area (Å²) in [5, 5.41) is 7.00. The molecule has 0 aliphatic heterocycles. The van der Waals surface area contributed by atoms with Crippen molar-refractivity contribution in [1.29, 1.82) is 0 Å². The molecule has 1 N–H and O–H groups in total. The van der Waals surface area contributed by atoms with Gasteiger partial charge in [0, 0.05) is 23.8 Å². The second kappa shape index (κ2) is 29.7. The van der Waals surface area contributed by atoms with Crippen LogP contribution in [0.15, 0.2) is 36.5 Å². The van der Waals surface area contributed by atoms with Crippen molar-refractivity contribution in [3.8, 4) is 0 Å². The Balaban J connectivity index is -0.0000000982. The van der Waals surface area contributed by atoms with Crippen molar-refractivity contribution in [2.45, 2.75) is 40.0 Å². The Morgan fingerprint density at radius 2 is 0.800 bits per heavy atom. The molecule has 0 aliphatic carbocycles. The molecule has 8 heteroatoms. The Kier molecular flexibility index (Phi) is 38.6. The van der Waals surface area contributed by atoms with E-state index in [9.17, 15) is 14.4 Å². The average Bonchev–Trinajstić information content (AvgIpc) is 2.70. The molecule has 0 saturated heterocycles. The number of ether oxygens (including phenoxy) is 3. The number of aliphatic hydroxyl groups is 1. The maximum absolute atomic E-state index is 10.6. The fraction of sp³-hybridized carbons (Fsp3) is 0.455. The molecule has 7 nitrogen and oxygen atoms in total. The molecule has 0 spiro atoms.